The number of carbonyl (C=O) groups excluding carboxylic acids is 2. The van der Waals surface area contributed by atoms with E-state index in [0.717, 1.165) is 17.5 Å². The van der Waals surface area contributed by atoms with Crippen molar-refractivity contribution in [2.75, 3.05) is 13.7 Å². The Balaban J connectivity index is 1.45. The van der Waals surface area contributed by atoms with Gasteiger partial charge in [0.1, 0.15) is 16.8 Å². The zero-order valence-corrected chi connectivity index (χ0v) is 20.1. The van der Waals surface area contributed by atoms with Gasteiger partial charge in [-0.3, -0.25) is 14.5 Å². The van der Waals surface area contributed by atoms with Crippen LogP contribution in [-0.4, -0.2) is 40.8 Å². The molecule has 0 spiro atoms. The smallest absolute Gasteiger partial charge is 0.242 e. The van der Waals surface area contributed by atoms with E-state index in [4.69, 9.17) is 4.74 Å². The maximum atomic E-state index is 13.4. The monoisotopic (exact) mass is 491 g/mol. The number of rotatable bonds is 9. The molecule has 0 aliphatic carbocycles. The number of amidine groups is 1. The number of halogens is 1. The molecule has 6 nitrogen and oxygen atoms in total. The van der Waals surface area contributed by atoms with Crippen molar-refractivity contribution in [2.24, 2.45) is 4.99 Å². The Morgan fingerprint density at radius 1 is 1.03 bits per heavy atom. The van der Waals surface area contributed by atoms with Crippen molar-refractivity contribution in [3.63, 3.8) is 0 Å². The molecule has 1 N–H and O–H groups in total. The van der Waals surface area contributed by atoms with E-state index in [9.17, 15) is 14.0 Å². The summed E-state index contributed by atoms with van der Waals surface area (Å²) in [6.45, 7) is 0.744. The maximum absolute atomic E-state index is 13.4. The first-order chi connectivity index (χ1) is 17.0. The van der Waals surface area contributed by atoms with Crippen LogP contribution in [0.25, 0.3) is 0 Å². The molecular formula is C27H26FN3O3S. The zero-order chi connectivity index (χ0) is 24.6. The molecule has 1 aliphatic heterocycles. The van der Waals surface area contributed by atoms with Crippen molar-refractivity contribution < 1.29 is 18.7 Å². The molecule has 3 aromatic rings. The van der Waals surface area contributed by atoms with Gasteiger partial charge in [-0.05, 0) is 53.9 Å². The normalized spacial score (nSPS) is 16.5. The predicted octanol–water partition coefficient (Wildman–Crippen LogP) is 4.72. The summed E-state index contributed by atoms with van der Waals surface area (Å²) in [5.41, 5.74) is 2.58. The number of amides is 2. The second kappa shape index (κ2) is 11.7. The van der Waals surface area contributed by atoms with Crippen molar-refractivity contribution in [1.29, 1.82) is 0 Å². The highest BCUT2D eigenvalue weighted by Gasteiger charge is 2.39. The van der Waals surface area contributed by atoms with E-state index in [0.29, 0.717) is 23.1 Å². The molecule has 0 bridgehead atoms. The number of ether oxygens (including phenoxy) is 1. The van der Waals surface area contributed by atoms with Crippen LogP contribution in [0.3, 0.4) is 0 Å². The summed E-state index contributed by atoms with van der Waals surface area (Å²) in [5.74, 6) is -0.00521. The number of hydrogen-bond acceptors (Lipinski definition) is 5. The summed E-state index contributed by atoms with van der Waals surface area (Å²) in [5, 5.41) is 2.83. The lowest BCUT2D eigenvalue weighted by molar-refractivity contribution is -0.129. The number of nitrogens with one attached hydrogen (secondary N) is 1. The minimum atomic E-state index is -0.579. The number of methoxy groups -OCH3 is 1. The third-order valence-electron chi connectivity index (χ3n) is 5.52. The highest BCUT2D eigenvalue weighted by Crippen LogP contribution is 2.33. The van der Waals surface area contributed by atoms with Gasteiger partial charge < -0.3 is 10.1 Å². The van der Waals surface area contributed by atoms with E-state index in [-0.39, 0.29) is 30.6 Å². The average molecular weight is 492 g/mol. The zero-order valence-electron chi connectivity index (χ0n) is 19.3. The van der Waals surface area contributed by atoms with Gasteiger partial charge in [-0.2, -0.15) is 0 Å². The minimum Gasteiger partial charge on any atom is -0.497 e. The fourth-order valence-electron chi connectivity index (χ4n) is 3.64. The van der Waals surface area contributed by atoms with Gasteiger partial charge in [0.05, 0.1) is 19.3 Å². The maximum Gasteiger partial charge on any atom is 0.242 e. The molecule has 0 unspecified atom stereocenters. The van der Waals surface area contributed by atoms with E-state index < -0.39 is 5.25 Å². The average Bonchev–Trinajstić information content (AvgIpc) is 3.15. The third kappa shape index (κ3) is 6.70. The Kier molecular flexibility index (Phi) is 8.15. The SMILES string of the molecule is COc1ccc(N=C2S[C@H](CC(=O)NCCc3ccccc3)C(=O)N2Cc2ccc(F)cc2)cc1. The molecule has 2 amide bonds. The van der Waals surface area contributed by atoms with E-state index in [1.54, 1.807) is 48.4 Å². The van der Waals surface area contributed by atoms with Gasteiger partial charge in [-0.15, -0.1) is 0 Å². The lowest BCUT2D eigenvalue weighted by Gasteiger charge is -2.16. The lowest BCUT2D eigenvalue weighted by Crippen LogP contribution is -2.34. The number of carbonyl (C=O) groups is 2. The highest BCUT2D eigenvalue weighted by atomic mass is 32.2. The van der Waals surface area contributed by atoms with Crippen LogP contribution in [0, 0.1) is 5.82 Å². The Hall–Kier alpha value is -3.65. The van der Waals surface area contributed by atoms with Gasteiger partial charge in [0.15, 0.2) is 5.17 Å². The van der Waals surface area contributed by atoms with Crippen molar-refractivity contribution >= 4 is 34.4 Å². The first-order valence-corrected chi connectivity index (χ1v) is 12.2. The molecule has 0 radical (unpaired) electrons. The van der Waals surface area contributed by atoms with Crippen LogP contribution in [0.2, 0.25) is 0 Å². The van der Waals surface area contributed by atoms with Crippen LogP contribution in [0.15, 0.2) is 83.9 Å². The second-order valence-corrected chi connectivity index (χ2v) is 9.21. The minimum absolute atomic E-state index is 0.0554. The van der Waals surface area contributed by atoms with Crippen LogP contribution in [0.1, 0.15) is 17.5 Å². The van der Waals surface area contributed by atoms with Gasteiger partial charge >= 0.3 is 0 Å². The second-order valence-electron chi connectivity index (χ2n) is 8.04. The Morgan fingerprint density at radius 2 is 1.74 bits per heavy atom. The van der Waals surface area contributed by atoms with Crippen LogP contribution in [-0.2, 0) is 22.6 Å². The number of nitrogens with zero attached hydrogens (tertiary/aromatic N) is 2. The number of benzene rings is 3. The predicted molar refractivity (Wildman–Crippen MR) is 136 cm³/mol. The van der Waals surface area contributed by atoms with Crippen molar-refractivity contribution in [3.05, 3.63) is 95.8 Å². The molecule has 0 aromatic heterocycles. The van der Waals surface area contributed by atoms with Gasteiger partial charge in [0.2, 0.25) is 11.8 Å². The quantitative estimate of drug-likeness (QED) is 0.471. The van der Waals surface area contributed by atoms with E-state index in [1.165, 1.54) is 23.9 Å². The van der Waals surface area contributed by atoms with E-state index in [1.807, 2.05) is 30.3 Å². The molecule has 1 fully saturated rings. The summed E-state index contributed by atoms with van der Waals surface area (Å²) in [7, 11) is 1.59. The first-order valence-electron chi connectivity index (χ1n) is 11.3. The summed E-state index contributed by atoms with van der Waals surface area (Å²) in [6.07, 6.45) is 0.777. The summed E-state index contributed by atoms with van der Waals surface area (Å²) in [4.78, 5) is 32.1. The Labute approximate surface area is 208 Å². The third-order valence-corrected chi connectivity index (χ3v) is 6.70. The molecule has 8 heteroatoms. The van der Waals surface area contributed by atoms with Crippen LogP contribution in [0.5, 0.6) is 5.75 Å². The van der Waals surface area contributed by atoms with Gasteiger partial charge in [-0.1, -0.05) is 54.2 Å². The summed E-state index contributed by atoms with van der Waals surface area (Å²) >= 11 is 1.27. The molecule has 3 aromatic carbocycles. The van der Waals surface area contributed by atoms with E-state index >= 15 is 0 Å². The molecule has 4 rings (SSSR count). The Morgan fingerprint density at radius 3 is 2.43 bits per heavy atom. The van der Waals surface area contributed by atoms with Crippen molar-refractivity contribution in [2.45, 2.75) is 24.6 Å². The lowest BCUT2D eigenvalue weighted by atomic mass is 10.1. The van der Waals surface area contributed by atoms with Crippen LogP contribution < -0.4 is 10.1 Å². The fourth-order valence-corrected chi connectivity index (χ4v) is 4.80. The topological polar surface area (TPSA) is 71.0 Å². The molecule has 0 saturated carbocycles. The van der Waals surface area contributed by atoms with E-state index in [2.05, 4.69) is 10.3 Å². The molecule has 35 heavy (non-hydrogen) atoms. The number of hydrogen-bond donors (Lipinski definition) is 1. The number of aliphatic imine (C=N–C) groups is 1. The first kappa shape index (κ1) is 24.5. The molecular weight excluding hydrogens is 465 g/mol. The largest absolute Gasteiger partial charge is 0.497 e. The van der Waals surface area contributed by atoms with Crippen LogP contribution in [0.4, 0.5) is 10.1 Å². The highest BCUT2D eigenvalue weighted by molar-refractivity contribution is 8.15. The van der Waals surface area contributed by atoms with Crippen LogP contribution >= 0.6 is 11.8 Å². The van der Waals surface area contributed by atoms with Gasteiger partial charge in [-0.25, -0.2) is 9.38 Å². The number of thioether (sulfide) groups is 1. The molecule has 1 aliphatic rings. The molecule has 180 valence electrons. The Bertz CT molecular complexity index is 1180. The summed E-state index contributed by atoms with van der Waals surface area (Å²) in [6, 6.07) is 23.1. The molecule has 1 saturated heterocycles. The van der Waals surface area contributed by atoms with Crippen molar-refractivity contribution in [3.8, 4) is 5.75 Å². The molecule has 1 heterocycles. The van der Waals surface area contributed by atoms with Gasteiger partial charge in [0.25, 0.3) is 0 Å². The molecule has 1 atom stereocenters. The standard InChI is InChI=1S/C27H26FN3O3S/c1-34-23-13-11-22(12-14-23)30-27-31(18-20-7-9-21(28)10-8-20)26(33)24(35-27)17-25(32)29-16-15-19-5-3-2-4-6-19/h2-14,24H,15-18H2,1H3,(H,29,32)/t24-/m1/s1. The van der Waals surface area contributed by atoms with Crippen molar-refractivity contribution in [1.82, 2.24) is 10.2 Å². The summed E-state index contributed by atoms with van der Waals surface area (Å²) < 4.78 is 18.5. The van der Waals surface area contributed by atoms with Gasteiger partial charge in [0, 0.05) is 13.0 Å². The fraction of sp³-hybridized carbons (Fsp3) is 0.222.